The first-order valence-electron chi connectivity index (χ1n) is 6.24. The van der Waals surface area contributed by atoms with Crippen molar-refractivity contribution >= 4 is 11.6 Å². The van der Waals surface area contributed by atoms with E-state index in [0.29, 0.717) is 11.4 Å². The number of H-pyrrole nitrogens is 1. The van der Waals surface area contributed by atoms with E-state index in [9.17, 15) is 4.79 Å². The molecule has 0 unspecified atom stereocenters. The molecule has 0 aliphatic heterocycles. The Labute approximate surface area is 114 Å². The lowest BCUT2D eigenvalue weighted by Crippen LogP contribution is -2.27. The highest BCUT2D eigenvalue weighted by atomic mass is 16.1. The van der Waals surface area contributed by atoms with Crippen molar-refractivity contribution in [1.82, 2.24) is 34.7 Å². The molecular weight excluding hydrogens is 258 g/mol. The van der Waals surface area contributed by atoms with Crippen LogP contribution in [-0.2, 0) is 7.05 Å². The van der Waals surface area contributed by atoms with Gasteiger partial charge in [0.15, 0.2) is 5.82 Å². The lowest BCUT2D eigenvalue weighted by Gasteiger charge is -2.09. The molecule has 20 heavy (non-hydrogen) atoms. The molecule has 0 saturated carbocycles. The molecule has 0 aliphatic carbocycles. The number of nitrogens with zero attached hydrogens (tertiary/aromatic N) is 5. The van der Waals surface area contributed by atoms with Crippen molar-refractivity contribution in [2.45, 2.75) is 19.9 Å². The molecule has 104 valence electrons. The minimum atomic E-state index is -0.275. The van der Waals surface area contributed by atoms with Crippen molar-refractivity contribution < 1.29 is 4.79 Å². The lowest BCUT2D eigenvalue weighted by atomic mass is 10.2. The zero-order valence-corrected chi connectivity index (χ0v) is 11.5. The third kappa shape index (κ3) is 1.94. The number of aryl methyl sites for hydroxylation is 2. The number of hydrogen-bond acceptors (Lipinski definition) is 4. The first kappa shape index (κ1) is 12.4. The smallest absolute Gasteiger partial charge is 0.257 e. The van der Waals surface area contributed by atoms with Crippen LogP contribution in [0.15, 0.2) is 18.6 Å². The van der Waals surface area contributed by atoms with Gasteiger partial charge in [0, 0.05) is 19.4 Å². The molecule has 3 aromatic heterocycles. The van der Waals surface area contributed by atoms with Crippen LogP contribution in [0.4, 0.5) is 0 Å². The second kappa shape index (κ2) is 4.48. The van der Waals surface area contributed by atoms with Crippen molar-refractivity contribution in [2.24, 2.45) is 7.05 Å². The summed E-state index contributed by atoms with van der Waals surface area (Å²) in [4.78, 5) is 16.5. The summed E-state index contributed by atoms with van der Waals surface area (Å²) in [5, 5.41) is 13.8. The van der Waals surface area contributed by atoms with Gasteiger partial charge in [0.2, 0.25) is 0 Å². The molecule has 0 radical (unpaired) electrons. The van der Waals surface area contributed by atoms with E-state index in [1.165, 1.54) is 0 Å². The van der Waals surface area contributed by atoms with E-state index in [4.69, 9.17) is 0 Å². The number of rotatable bonds is 3. The minimum Gasteiger partial charge on any atom is -0.342 e. The predicted octanol–water partition coefficient (Wildman–Crippen LogP) is 0.590. The average Bonchev–Trinajstić information content (AvgIpc) is 3.07. The number of nitrogens with one attached hydrogen (secondary N) is 2. The second-order valence-corrected chi connectivity index (χ2v) is 4.71. The van der Waals surface area contributed by atoms with Gasteiger partial charge in [-0.3, -0.25) is 9.89 Å². The first-order valence-corrected chi connectivity index (χ1v) is 6.24. The summed E-state index contributed by atoms with van der Waals surface area (Å²) in [5.41, 5.74) is 1.28. The third-order valence-corrected chi connectivity index (χ3v) is 3.13. The summed E-state index contributed by atoms with van der Waals surface area (Å²) in [6.45, 7) is 3.66. The Morgan fingerprint density at radius 1 is 1.45 bits per heavy atom. The fourth-order valence-electron chi connectivity index (χ4n) is 2.10. The minimum absolute atomic E-state index is 0.197. The number of aromatic amines is 1. The summed E-state index contributed by atoms with van der Waals surface area (Å²) in [7, 11) is 1.87. The average molecular weight is 273 g/mol. The standard InChI is InChI=1S/C12H15N7O/c1-7(10-15-8(2)16-17-10)14-11(20)9-6-13-19-5-4-18(3)12(9)19/h4-7H,1-3H3,(H,14,20)(H,15,16,17)/t7-/m0/s1. The van der Waals surface area contributed by atoms with Crippen LogP contribution >= 0.6 is 0 Å². The topological polar surface area (TPSA) is 92.9 Å². The molecular formula is C12H15N7O. The Morgan fingerprint density at radius 3 is 2.95 bits per heavy atom. The summed E-state index contributed by atoms with van der Waals surface area (Å²) in [5.74, 6) is 1.08. The quantitative estimate of drug-likeness (QED) is 0.730. The van der Waals surface area contributed by atoms with Gasteiger partial charge in [0.1, 0.15) is 17.0 Å². The number of amides is 1. The number of aromatic nitrogens is 6. The van der Waals surface area contributed by atoms with E-state index in [-0.39, 0.29) is 11.9 Å². The molecule has 8 nitrogen and oxygen atoms in total. The Bertz CT molecular complexity index is 766. The van der Waals surface area contributed by atoms with Crippen molar-refractivity contribution in [1.29, 1.82) is 0 Å². The van der Waals surface area contributed by atoms with Crippen LogP contribution in [0.1, 0.15) is 35.0 Å². The monoisotopic (exact) mass is 273 g/mol. The van der Waals surface area contributed by atoms with Crippen molar-refractivity contribution in [3.05, 3.63) is 35.8 Å². The molecule has 0 aromatic carbocycles. The molecule has 1 amide bonds. The van der Waals surface area contributed by atoms with Crippen LogP contribution in [0.5, 0.6) is 0 Å². The Kier molecular flexibility index (Phi) is 2.78. The van der Waals surface area contributed by atoms with Gasteiger partial charge in [-0.2, -0.15) is 10.2 Å². The summed E-state index contributed by atoms with van der Waals surface area (Å²) >= 11 is 0. The van der Waals surface area contributed by atoms with Gasteiger partial charge in [-0.1, -0.05) is 0 Å². The van der Waals surface area contributed by atoms with Gasteiger partial charge in [-0.05, 0) is 13.8 Å². The molecule has 0 fully saturated rings. The van der Waals surface area contributed by atoms with Crippen LogP contribution in [-0.4, -0.2) is 35.3 Å². The molecule has 0 bridgehead atoms. The van der Waals surface area contributed by atoms with E-state index in [1.54, 1.807) is 16.9 Å². The number of hydrogen-bond donors (Lipinski definition) is 2. The normalized spacial score (nSPS) is 12.8. The molecule has 1 atom stereocenters. The maximum Gasteiger partial charge on any atom is 0.257 e. The number of imidazole rings is 1. The van der Waals surface area contributed by atoms with Gasteiger partial charge in [-0.25, -0.2) is 9.50 Å². The molecule has 2 N–H and O–H groups in total. The van der Waals surface area contributed by atoms with Crippen LogP contribution in [0.3, 0.4) is 0 Å². The van der Waals surface area contributed by atoms with Gasteiger partial charge >= 0.3 is 0 Å². The Morgan fingerprint density at radius 2 is 2.25 bits per heavy atom. The molecule has 8 heteroatoms. The number of carbonyl (C=O) groups is 1. The maximum absolute atomic E-state index is 12.3. The molecule has 0 saturated heterocycles. The predicted molar refractivity (Wildman–Crippen MR) is 71.2 cm³/mol. The summed E-state index contributed by atoms with van der Waals surface area (Å²) < 4.78 is 3.51. The van der Waals surface area contributed by atoms with Crippen LogP contribution in [0.2, 0.25) is 0 Å². The molecule has 3 heterocycles. The zero-order chi connectivity index (χ0) is 14.3. The summed E-state index contributed by atoms with van der Waals surface area (Å²) in [6, 6.07) is -0.275. The first-order chi connectivity index (χ1) is 9.56. The second-order valence-electron chi connectivity index (χ2n) is 4.71. The van der Waals surface area contributed by atoms with Crippen LogP contribution < -0.4 is 5.32 Å². The SMILES string of the molecule is Cc1nc([C@H](C)NC(=O)c2cnn3ccn(C)c23)n[nH]1. The van der Waals surface area contributed by atoms with Gasteiger partial charge in [0.05, 0.1) is 12.2 Å². The van der Waals surface area contributed by atoms with E-state index in [2.05, 4.69) is 25.6 Å². The van der Waals surface area contributed by atoms with Gasteiger partial charge in [-0.15, -0.1) is 0 Å². The van der Waals surface area contributed by atoms with Gasteiger partial charge < -0.3 is 9.88 Å². The van der Waals surface area contributed by atoms with E-state index >= 15 is 0 Å². The van der Waals surface area contributed by atoms with Crippen molar-refractivity contribution in [3.63, 3.8) is 0 Å². The zero-order valence-electron chi connectivity index (χ0n) is 11.5. The van der Waals surface area contributed by atoms with Crippen molar-refractivity contribution in [2.75, 3.05) is 0 Å². The molecule has 3 aromatic rings. The van der Waals surface area contributed by atoms with Crippen LogP contribution in [0, 0.1) is 6.92 Å². The van der Waals surface area contributed by atoms with Crippen molar-refractivity contribution in [3.8, 4) is 0 Å². The fourth-order valence-corrected chi connectivity index (χ4v) is 2.10. The largest absolute Gasteiger partial charge is 0.342 e. The number of carbonyl (C=O) groups excluding carboxylic acids is 1. The van der Waals surface area contributed by atoms with E-state index in [0.717, 1.165) is 11.5 Å². The fraction of sp³-hybridized carbons (Fsp3) is 0.333. The van der Waals surface area contributed by atoms with E-state index < -0.39 is 0 Å². The molecule has 3 rings (SSSR count). The highest BCUT2D eigenvalue weighted by Crippen LogP contribution is 2.13. The van der Waals surface area contributed by atoms with Gasteiger partial charge in [0.25, 0.3) is 5.91 Å². The number of fused-ring (bicyclic) bond motifs is 1. The lowest BCUT2D eigenvalue weighted by molar-refractivity contribution is 0.0939. The summed E-state index contributed by atoms with van der Waals surface area (Å²) in [6.07, 6.45) is 5.20. The highest BCUT2D eigenvalue weighted by Gasteiger charge is 2.19. The Hall–Kier alpha value is -2.64. The third-order valence-electron chi connectivity index (χ3n) is 3.13. The van der Waals surface area contributed by atoms with E-state index in [1.807, 2.05) is 31.7 Å². The highest BCUT2D eigenvalue weighted by molar-refractivity contribution is 5.99. The van der Waals surface area contributed by atoms with Crippen LogP contribution in [0.25, 0.3) is 5.65 Å². The Balaban J connectivity index is 1.84. The maximum atomic E-state index is 12.3. The molecule has 0 aliphatic rings. The molecule has 0 spiro atoms.